The molecular formula is C15H20OS3. The maximum absolute atomic E-state index is 5.47. The molecule has 1 aromatic rings. The van der Waals surface area contributed by atoms with Crippen molar-refractivity contribution in [3.8, 4) is 0 Å². The topological polar surface area (TPSA) is 9.23 Å². The molecule has 0 aliphatic heterocycles. The lowest BCUT2D eigenvalue weighted by Crippen LogP contribution is -2.16. The molecule has 1 rings (SSSR count). The smallest absolute Gasteiger partial charge is 0.220 e. The summed E-state index contributed by atoms with van der Waals surface area (Å²) in [7, 11) is 0. The first-order chi connectivity index (χ1) is 8.99. The van der Waals surface area contributed by atoms with Gasteiger partial charge in [0.2, 0.25) is 4.38 Å². The minimum absolute atomic E-state index is 0.135. The van der Waals surface area contributed by atoms with Gasteiger partial charge in [0.05, 0.1) is 6.10 Å². The van der Waals surface area contributed by atoms with Gasteiger partial charge in [0.1, 0.15) is 0 Å². The standard InChI is InChI=1S/C15H20OS3/c1-11(2)16-15(18)19-10-14(17)12(3)9-13-7-5-4-6-8-13/h4-8,11-12H,9-10H2,1-3H3. The third kappa shape index (κ3) is 7.04. The fourth-order valence-electron chi connectivity index (χ4n) is 1.58. The molecule has 104 valence electrons. The summed E-state index contributed by atoms with van der Waals surface area (Å²) in [5.41, 5.74) is 1.32. The maximum atomic E-state index is 5.47. The fourth-order valence-corrected chi connectivity index (χ4v) is 3.01. The van der Waals surface area contributed by atoms with Gasteiger partial charge in [0.15, 0.2) is 0 Å². The van der Waals surface area contributed by atoms with Crippen molar-refractivity contribution in [1.82, 2.24) is 0 Å². The van der Waals surface area contributed by atoms with Crippen molar-refractivity contribution in [3.05, 3.63) is 35.9 Å². The minimum atomic E-state index is 0.135. The number of rotatable bonds is 6. The van der Waals surface area contributed by atoms with Gasteiger partial charge in [-0.3, -0.25) is 0 Å². The van der Waals surface area contributed by atoms with E-state index in [0.29, 0.717) is 10.3 Å². The third-order valence-corrected chi connectivity index (χ3v) is 4.57. The van der Waals surface area contributed by atoms with E-state index in [1.54, 1.807) is 0 Å². The number of ether oxygens (including phenoxy) is 1. The second kappa shape index (κ2) is 8.67. The van der Waals surface area contributed by atoms with Crippen molar-refractivity contribution >= 4 is 45.4 Å². The van der Waals surface area contributed by atoms with Crippen LogP contribution in [0.3, 0.4) is 0 Å². The number of thiocarbonyl (C=S) groups is 2. The van der Waals surface area contributed by atoms with E-state index in [-0.39, 0.29) is 6.10 Å². The van der Waals surface area contributed by atoms with Gasteiger partial charge < -0.3 is 4.74 Å². The van der Waals surface area contributed by atoms with E-state index < -0.39 is 0 Å². The first kappa shape index (κ1) is 16.6. The van der Waals surface area contributed by atoms with E-state index in [2.05, 4.69) is 31.2 Å². The predicted octanol–water partition coefficient (Wildman–Crippen LogP) is 4.68. The highest BCUT2D eigenvalue weighted by Gasteiger charge is 2.11. The van der Waals surface area contributed by atoms with Crippen molar-refractivity contribution in [2.75, 3.05) is 5.75 Å². The summed E-state index contributed by atoms with van der Waals surface area (Å²) in [6, 6.07) is 10.4. The number of thioether (sulfide) groups is 1. The second-order valence-electron chi connectivity index (χ2n) is 4.76. The van der Waals surface area contributed by atoms with Gasteiger partial charge in [-0.05, 0) is 44.0 Å². The van der Waals surface area contributed by atoms with Crippen LogP contribution in [-0.4, -0.2) is 21.1 Å². The van der Waals surface area contributed by atoms with Crippen molar-refractivity contribution < 1.29 is 4.74 Å². The van der Waals surface area contributed by atoms with Crippen molar-refractivity contribution in [3.63, 3.8) is 0 Å². The number of hydrogen-bond acceptors (Lipinski definition) is 4. The zero-order valence-corrected chi connectivity index (χ0v) is 14.0. The van der Waals surface area contributed by atoms with Crippen molar-refractivity contribution in [1.29, 1.82) is 0 Å². The molecule has 0 heterocycles. The van der Waals surface area contributed by atoms with Crippen LogP contribution in [0.15, 0.2) is 30.3 Å². The molecule has 1 aromatic carbocycles. The summed E-state index contributed by atoms with van der Waals surface area (Å²) < 4.78 is 6.02. The average molecular weight is 313 g/mol. The first-order valence-electron chi connectivity index (χ1n) is 6.39. The van der Waals surface area contributed by atoms with Crippen LogP contribution in [-0.2, 0) is 11.2 Å². The zero-order valence-electron chi connectivity index (χ0n) is 11.6. The van der Waals surface area contributed by atoms with Crippen molar-refractivity contribution in [2.45, 2.75) is 33.3 Å². The summed E-state index contributed by atoms with van der Waals surface area (Å²) in [6.07, 6.45) is 1.12. The molecule has 0 aromatic heterocycles. The quantitative estimate of drug-likeness (QED) is 0.705. The molecule has 4 heteroatoms. The summed E-state index contributed by atoms with van der Waals surface area (Å²) in [4.78, 5) is 1.04. The Morgan fingerprint density at radius 3 is 2.37 bits per heavy atom. The van der Waals surface area contributed by atoms with Crippen LogP contribution >= 0.6 is 36.2 Å². The molecule has 19 heavy (non-hydrogen) atoms. The van der Waals surface area contributed by atoms with Gasteiger partial charge >= 0.3 is 0 Å². The predicted molar refractivity (Wildman–Crippen MR) is 93.2 cm³/mol. The Bertz CT molecular complexity index is 415. The van der Waals surface area contributed by atoms with E-state index in [1.807, 2.05) is 19.9 Å². The van der Waals surface area contributed by atoms with Gasteiger partial charge in [0.25, 0.3) is 0 Å². The number of hydrogen-bond donors (Lipinski definition) is 0. The molecule has 0 saturated heterocycles. The molecule has 0 N–H and O–H groups in total. The maximum Gasteiger partial charge on any atom is 0.220 e. The molecule has 0 bridgehead atoms. The Kier molecular flexibility index (Phi) is 7.57. The summed E-state index contributed by atoms with van der Waals surface area (Å²) in [5.74, 6) is 1.14. The van der Waals surface area contributed by atoms with Gasteiger partial charge in [-0.1, -0.05) is 61.2 Å². The Morgan fingerprint density at radius 2 is 1.79 bits per heavy atom. The summed E-state index contributed by atoms with van der Waals surface area (Å²) in [5, 5.41) is 0. The molecular weight excluding hydrogens is 292 g/mol. The molecule has 1 nitrogen and oxygen atoms in total. The average Bonchev–Trinajstić information content (AvgIpc) is 2.36. The largest absolute Gasteiger partial charge is 0.476 e. The highest BCUT2D eigenvalue weighted by Crippen LogP contribution is 2.15. The monoisotopic (exact) mass is 312 g/mol. The molecule has 0 amide bonds. The van der Waals surface area contributed by atoms with Crippen LogP contribution in [0.25, 0.3) is 0 Å². The molecule has 0 spiro atoms. The normalized spacial score (nSPS) is 12.2. The molecule has 1 atom stereocenters. The highest BCUT2D eigenvalue weighted by atomic mass is 32.2. The molecule has 0 saturated carbocycles. The van der Waals surface area contributed by atoms with Gasteiger partial charge in [0, 0.05) is 10.6 Å². The van der Waals surface area contributed by atoms with Crippen LogP contribution in [0.2, 0.25) is 0 Å². The van der Waals surface area contributed by atoms with Crippen LogP contribution in [0.4, 0.5) is 0 Å². The fraction of sp³-hybridized carbons (Fsp3) is 0.467. The zero-order chi connectivity index (χ0) is 14.3. The Balaban J connectivity index is 2.35. The van der Waals surface area contributed by atoms with Crippen LogP contribution < -0.4 is 0 Å². The number of benzene rings is 1. The molecule has 1 unspecified atom stereocenters. The van der Waals surface area contributed by atoms with E-state index in [4.69, 9.17) is 29.2 Å². The van der Waals surface area contributed by atoms with Gasteiger partial charge in [-0.25, -0.2) is 0 Å². The van der Waals surface area contributed by atoms with E-state index in [1.165, 1.54) is 17.3 Å². The van der Waals surface area contributed by atoms with Crippen LogP contribution in [0.1, 0.15) is 26.3 Å². The lowest BCUT2D eigenvalue weighted by molar-refractivity contribution is 0.243. The molecule has 0 aliphatic rings. The molecule has 0 radical (unpaired) electrons. The minimum Gasteiger partial charge on any atom is -0.476 e. The molecule has 0 fully saturated rings. The summed E-state index contributed by atoms with van der Waals surface area (Å²) >= 11 is 12.1. The second-order valence-corrected chi connectivity index (χ2v) is 6.86. The van der Waals surface area contributed by atoms with Crippen LogP contribution in [0.5, 0.6) is 0 Å². The van der Waals surface area contributed by atoms with Crippen LogP contribution in [0, 0.1) is 5.92 Å². The Hall–Kier alpha value is -0.450. The lowest BCUT2D eigenvalue weighted by atomic mass is 9.99. The molecule has 0 aliphatic carbocycles. The van der Waals surface area contributed by atoms with Gasteiger partial charge in [-0.2, -0.15) is 0 Å². The highest BCUT2D eigenvalue weighted by molar-refractivity contribution is 8.23. The Labute approximate surface area is 131 Å². The SMILES string of the molecule is CC(C)OC(=S)SCC(=S)C(C)Cc1ccccc1. The summed E-state index contributed by atoms with van der Waals surface area (Å²) in [6.45, 7) is 6.12. The van der Waals surface area contributed by atoms with E-state index >= 15 is 0 Å². The van der Waals surface area contributed by atoms with E-state index in [0.717, 1.165) is 17.0 Å². The lowest BCUT2D eigenvalue weighted by Gasteiger charge is -2.14. The van der Waals surface area contributed by atoms with E-state index in [9.17, 15) is 0 Å². The van der Waals surface area contributed by atoms with Gasteiger partial charge in [-0.15, -0.1) is 0 Å². The Morgan fingerprint density at radius 1 is 1.16 bits per heavy atom. The first-order valence-corrected chi connectivity index (χ1v) is 8.19. The third-order valence-electron chi connectivity index (χ3n) is 2.60. The van der Waals surface area contributed by atoms with Crippen molar-refractivity contribution in [2.24, 2.45) is 5.92 Å².